The Labute approximate surface area is 115 Å². The first-order valence-electron chi connectivity index (χ1n) is 5.58. The molecule has 1 aromatic carbocycles. The first-order valence-corrected chi connectivity index (χ1v) is 6.49. The van der Waals surface area contributed by atoms with E-state index in [1.165, 1.54) is 6.07 Å². The van der Waals surface area contributed by atoms with E-state index in [1.807, 2.05) is 6.20 Å². The van der Waals surface area contributed by atoms with Gasteiger partial charge >= 0.3 is 0 Å². The van der Waals surface area contributed by atoms with Crippen LogP contribution < -0.4 is 0 Å². The average molecular weight is 288 g/mol. The highest BCUT2D eigenvalue weighted by molar-refractivity contribution is 6.30. The Bertz CT molecular complexity index is 528. The number of hydrogen-bond acceptors (Lipinski definition) is 2. The summed E-state index contributed by atoms with van der Waals surface area (Å²) in [6.07, 6.45) is 3.56. The molecule has 0 saturated carbocycles. The van der Waals surface area contributed by atoms with Crippen molar-refractivity contribution >= 4 is 23.2 Å². The summed E-state index contributed by atoms with van der Waals surface area (Å²) >= 11 is 11.3. The molecular formula is C12H12Cl2FN3. The lowest BCUT2D eigenvalue weighted by molar-refractivity contribution is 0.622. The molecule has 0 N–H and O–H groups in total. The summed E-state index contributed by atoms with van der Waals surface area (Å²) in [4.78, 5) is 0. The summed E-state index contributed by atoms with van der Waals surface area (Å²) in [6, 6.07) is 4.63. The maximum atomic E-state index is 13.0. The zero-order valence-corrected chi connectivity index (χ0v) is 11.1. The van der Waals surface area contributed by atoms with Crippen molar-refractivity contribution in [1.29, 1.82) is 0 Å². The molecule has 1 heterocycles. The van der Waals surface area contributed by atoms with Gasteiger partial charge in [0.05, 0.1) is 17.3 Å². The molecule has 96 valence electrons. The molecule has 1 aromatic heterocycles. The van der Waals surface area contributed by atoms with Crippen LogP contribution >= 0.6 is 23.2 Å². The largest absolute Gasteiger partial charge is 0.248 e. The first kappa shape index (κ1) is 13.3. The SMILES string of the molecule is Fc1ccc(Cn2cc(CCCCl)nn2)cc1Cl. The van der Waals surface area contributed by atoms with Crippen molar-refractivity contribution in [2.24, 2.45) is 0 Å². The number of aryl methyl sites for hydroxylation is 1. The molecule has 0 fully saturated rings. The molecule has 0 aliphatic heterocycles. The molecule has 0 amide bonds. The molecule has 0 aliphatic carbocycles. The average Bonchev–Trinajstić information content (AvgIpc) is 2.79. The van der Waals surface area contributed by atoms with E-state index < -0.39 is 5.82 Å². The lowest BCUT2D eigenvalue weighted by Gasteiger charge is -2.02. The second-order valence-electron chi connectivity index (χ2n) is 3.95. The van der Waals surface area contributed by atoms with Gasteiger partial charge in [-0.05, 0) is 30.5 Å². The Kier molecular flexibility index (Phi) is 4.55. The summed E-state index contributed by atoms with van der Waals surface area (Å²) in [6.45, 7) is 0.522. The van der Waals surface area contributed by atoms with Gasteiger partial charge in [-0.2, -0.15) is 0 Å². The van der Waals surface area contributed by atoms with Crippen LogP contribution in [-0.4, -0.2) is 20.9 Å². The lowest BCUT2D eigenvalue weighted by atomic mass is 10.2. The Morgan fingerprint density at radius 2 is 2.17 bits per heavy atom. The van der Waals surface area contributed by atoms with Crippen molar-refractivity contribution < 1.29 is 4.39 Å². The highest BCUT2D eigenvalue weighted by Gasteiger charge is 2.04. The summed E-state index contributed by atoms with van der Waals surface area (Å²) in [5.41, 5.74) is 1.79. The van der Waals surface area contributed by atoms with E-state index in [9.17, 15) is 4.39 Å². The van der Waals surface area contributed by atoms with E-state index in [-0.39, 0.29) is 5.02 Å². The fraction of sp³-hybridized carbons (Fsp3) is 0.333. The Balaban J connectivity index is 2.04. The second kappa shape index (κ2) is 6.16. The minimum Gasteiger partial charge on any atom is -0.248 e. The normalized spacial score (nSPS) is 10.8. The van der Waals surface area contributed by atoms with E-state index in [2.05, 4.69) is 10.3 Å². The van der Waals surface area contributed by atoms with Crippen LogP contribution in [0.4, 0.5) is 4.39 Å². The van der Waals surface area contributed by atoms with Crippen molar-refractivity contribution in [2.45, 2.75) is 19.4 Å². The molecule has 2 aromatic rings. The number of rotatable bonds is 5. The number of benzene rings is 1. The summed E-state index contributed by atoms with van der Waals surface area (Å²) < 4.78 is 14.7. The minimum absolute atomic E-state index is 0.120. The van der Waals surface area contributed by atoms with Crippen LogP contribution in [0.25, 0.3) is 0 Å². The lowest BCUT2D eigenvalue weighted by Crippen LogP contribution is -2.00. The monoisotopic (exact) mass is 287 g/mol. The highest BCUT2D eigenvalue weighted by Crippen LogP contribution is 2.16. The van der Waals surface area contributed by atoms with Gasteiger partial charge in [-0.3, -0.25) is 0 Å². The van der Waals surface area contributed by atoms with Crippen molar-refractivity contribution in [2.75, 3.05) is 5.88 Å². The number of halogens is 3. The molecular weight excluding hydrogens is 276 g/mol. The molecule has 0 atom stereocenters. The van der Waals surface area contributed by atoms with Gasteiger partial charge in [0.25, 0.3) is 0 Å². The molecule has 0 spiro atoms. The quantitative estimate of drug-likeness (QED) is 0.790. The van der Waals surface area contributed by atoms with Gasteiger partial charge in [-0.1, -0.05) is 22.9 Å². The van der Waals surface area contributed by atoms with Crippen LogP contribution in [-0.2, 0) is 13.0 Å². The van der Waals surface area contributed by atoms with Crippen LogP contribution in [0.2, 0.25) is 5.02 Å². The van der Waals surface area contributed by atoms with Crippen LogP contribution in [0.1, 0.15) is 17.7 Å². The molecule has 0 unspecified atom stereocenters. The zero-order chi connectivity index (χ0) is 13.0. The third kappa shape index (κ3) is 3.43. The van der Waals surface area contributed by atoms with Crippen molar-refractivity contribution in [3.05, 3.63) is 46.5 Å². The third-order valence-electron chi connectivity index (χ3n) is 2.48. The highest BCUT2D eigenvalue weighted by atomic mass is 35.5. The van der Waals surface area contributed by atoms with Crippen molar-refractivity contribution in [1.82, 2.24) is 15.0 Å². The van der Waals surface area contributed by atoms with E-state index in [4.69, 9.17) is 23.2 Å². The molecule has 0 radical (unpaired) electrons. The Hall–Kier alpha value is -1.13. The maximum absolute atomic E-state index is 13.0. The van der Waals surface area contributed by atoms with E-state index in [1.54, 1.807) is 16.8 Å². The van der Waals surface area contributed by atoms with Gasteiger partial charge in [-0.15, -0.1) is 16.7 Å². The molecule has 0 saturated heterocycles. The summed E-state index contributed by atoms with van der Waals surface area (Å²) in [5.74, 6) is 0.197. The topological polar surface area (TPSA) is 30.7 Å². The molecule has 18 heavy (non-hydrogen) atoms. The van der Waals surface area contributed by atoms with Gasteiger partial charge in [0.15, 0.2) is 0 Å². The summed E-state index contributed by atoms with van der Waals surface area (Å²) in [5, 5.41) is 8.16. The Morgan fingerprint density at radius 1 is 1.33 bits per heavy atom. The number of nitrogens with zero attached hydrogens (tertiary/aromatic N) is 3. The molecule has 3 nitrogen and oxygen atoms in total. The van der Waals surface area contributed by atoms with Gasteiger partial charge in [-0.25, -0.2) is 9.07 Å². The summed E-state index contributed by atoms with van der Waals surface area (Å²) in [7, 11) is 0. The predicted molar refractivity (Wildman–Crippen MR) is 69.6 cm³/mol. The Morgan fingerprint density at radius 3 is 2.89 bits per heavy atom. The van der Waals surface area contributed by atoms with Gasteiger partial charge in [0, 0.05) is 12.1 Å². The van der Waals surface area contributed by atoms with Crippen LogP contribution in [0.5, 0.6) is 0 Å². The smallest absolute Gasteiger partial charge is 0.141 e. The van der Waals surface area contributed by atoms with Gasteiger partial charge < -0.3 is 0 Å². The number of aromatic nitrogens is 3. The van der Waals surface area contributed by atoms with Crippen molar-refractivity contribution in [3.63, 3.8) is 0 Å². The number of alkyl halides is 1. The molecule has 2 rings (SSSR count). The van der Waals surface area contributed by atoms with E-state index in [0.29, 0.717) is 12.4 Å². The predicted octanol–water partition coefficient (Wildman–Crippen LogP) is 3.29. The van der Waals surface area contributed by atoms with Gasteiger partial charge in [0.2, 0.25) is 0 Å². The fourth-order valence-corrected chi connectivity index (χ4v) is 1.94. The maximum Gasteiger partial charge on any atom is 0.141 e. The standard InChI is InChI=1S/C12H12Cl2FN3/c13-5-1-2-10-8-18(17-16-10)7-9-3-4-12(15)11(14)6-9/h3-4,6,8H,1-2,5,7H2. The van der Waals surface area contributed by atoms with Crippen LogP contribution in [0.15, 0.2) is 24.4 Å². The van der Waals surface area contributed by atoms with Crippen molar-refractivity contribution in [3.8, 4) is 0 Å². The van der Waals surface area contributed by atoms with Gasteiger partial charge in [0.1, 0.15) is 5.82 Å². The number of hydrogen-bond donors (Lipinski definition) is 0. The van der Waals surface area contributed by atoms with Crippen LogP contribution in [0.3, 0.4) is 0 Å². The van der Waals surface area contributed by atoms with E-state index in [0.717, 1.165) is 24.1 Å². The molecule has 6 heteroatoms. The van der Waals surface area contributed by atoms with E-state index >= 15 is 0 Å². The zero-order valence-electron chi connectivity index (χ0n) is 9.61. The third-order valence-corrected chi connectivity index (χ3v) is 3.04. The van der Waals surface area contributed by atoms with Crippen LogP contribution in [0, 0.1) is 5.82 Å². The fourth-order valence-electron chi connectivity index (χ4n) is 1.60. The molecule has 0 aliphatic rings. The molecule has 0 bridgehead atoms. The first-order chi connectivity index (χ1) is 8.69. The second-order valence-corrected chi connectivity index (χ2v) is 4.73. The minimum atomic E-state index is -0.415.